The number of anilines is 1. The molecule has 234 valence electrons. The van der Waals surface area contributed by atoms with Gasteiger partial charge in [-0.3, -0.25) is 9.69 Å². The van der Waals surface area contributed by atoms with E-state index in [1.165, 1.54) is 4.90 Å². The maximum Gasteiger partial charge on any atom is 0.416 e. The Morgan fingerprint density at radius 1 is 1.04 bits per heavy atom. The number of ketones is 1. The van der Waals surface area contributed by atoms with Gasteiger partial charge in [0.15, 0.2) is 5.78 Å². The van der Waals surface area contributed by atoms with Gasteiger partial charge < -0.3 is 15.2 Å². The molecule has 0 saturated heterocycles. The lowest BCUT2D eigenvalue weighted by atomic mass is 9.68. The second-order valence-electron chi connectivity index (χ2n) is 12.2. The largest absolute Gasteiger partial charge is 0.497 e. The molecule has 1 heterocycles. The molecule has 1 unspecified atom stereocenters. The smallest absolute Gasteiger partial charge is 0.416 e. The lowest BCUT2D eigenvalue weighted by Crippen LogP contribution is -2.42. The Morgan fingerprint density at radius 3 is 2.33 bits per heavy atom. The molecule has 1 aliphatic heterocycles. The number of carbonyl (C=O) groups excluding carboxylic acids is 1. The van der Waals surface area contributed by atoms with E-state index in [-0.39, 0.29) is 40.9 Å². The van der Waals surface area contributed by atoms with Crippen molar-refractivity contribution < 1.29 is 27.4 Å². The average Bonchev–Trinajstić information content (AvgIpc) is 2.96. The van der Waals surface area contributed by atoms with Gasteiger partial charge in [-0.05, 0) is 90.4 Å². The summed E-state index contributed by atoms with van der Waals surface area (Å²) in [5.41, 5.74) is 9.39. The fourth-order valence-electron chi connectivity index (χ4n) is 6.17. The summed E-state index contributed by atoms with van der Waals surface area (Å²) in [6.07, 6.45) is -4.12. The van der Waals surface area contributed by atoms with E-state index < -0.39 is 23.1 Å². The van der Waals surface area contributed by atoms with Crippen LogP contribution in [0.2, 0.25) is 5.02 Å². The van der Waals surface area contributed by atoms with Gasteiger partial charge in [0, 0.05) is 17.7 Å². The molecule has 0 amide bonds. The van der Waals surface area contributed by atoms with Crippen LogP contribution in [0.25, 0.3) is 0 Å². The molecular weight excluding hydrogens is 603 g/mol. The highest BCUT2D eigenvalue weighted by Gasteiger charge is 2.46. The maximum absolute atomic E-state index is 14.0. The Bertz CT molecular complexity index is 1790. The number of hydrogen-bond donors (Lipinski definition) is 1. The maximum atomic E-state index is 14.0. The van der Waals surface area contributed by atoms with Crippen molar-refractivity contribution in [1.29, 1.82) is 5.26 Å². The lowest BCUT2D eigenvalue weighted by molar-refractivity contribution is -0.137. The molecule has 6 nitrogen and oxygen atoms in total. The molecule has 0 saturated carbocycles. The summed E-state index contributed by atoms with van der Waals surface area (Å²) in [6, 6.07) is 16.2. The Labute approximate surface area is 265 Å². The third-order valence-electron chi connectivity index (χ3n) is 8.38. The van der Waals surface area contributed by atoms with Crippen LogP contribution in [0.3, 0.4) is 0 Å². The fraction of sp³-hybridized carbons (Fsp3) is 0.314. The SMILES string of the molecule is COc1ccc(OCc2cc(C3C(C#N)=C(N)N(c4cc(C(F)(F)F)ccc4Cl)C4=C3C(=O)CC(C)(C)C4)c(C)cc2C)cc1. The number of hydrogen-bond acceptors (Lipinski definition) is 6. The van der Waals surface area contributed by atoms with Gasteiger partial charge in [-0.25, -0.2) is 0 Å². The number of nitrogens with two attached hydrogens (primary N) is 1. The van der Waals surface area contributed by atoms with Crippen LogP contribution in [0.4, 0.5) is 18.9 Å². The highest BCUT2D eigenvalue weighted by Crippen LogP contribution is 2.52. The third-order valence-corrected chi connectivity index (χ3v) is 8.70. The second-order valence-corrected chi connectivity index (χ2v) is 12.7. The van der Waals surface area contributed by atoms with Crippen molar-refractivity contribution in [2.45, 2.75) is 59.2 Å². The highest BCUT2D eigenvalue weighted by molar-refractivity contribution is 6.33. The number of rotatable bonds is 6. The van der Waals surface area contributed by atoms with Crippen LogP contribution in [0.1, 0.15) is 60.4 Å². The monoisotopic (exact) mass is 635 g/mol. The number of nitriles is 1. The number of halogens is 4. The minimum Gasteiger partial charge on any atom is -0.497 e. The van der Waals surface area contributed by atoms with Crippen molar-refractivity contribution in [3.63, 3.8) is 0 Å². The number of alkyl halides is 3. The molecule has 3 aromatic carbocycles. The van der Waals surface area contributed by atoms with Crippen molar-refractivity contribution in [2.75, 3.05) is 12.0 Å². The van der Waals surface area contributed by atoms with Gasteiger partial charge in [-0.15, -0.1) is 0 Å². The van der Waals surface area contributed by atoms with E-state index in [1.54, 1.807) is 31.4 Å². The molecule has 0 radical (unpaired) electrons. The second kappa shape index (κ2) is 11.8. The number of aryl methyl sites for hydroxylation is 2. The number of ether oxygens (including phenoxy) is 2. The van der Waals surface area contributed by atoms with Crippen molar-refractivity contribution in [2.24, 2.45) is 11.1 Å². The zero-order chi connectivity index (χ0) is 32.8. The van der Waals surface area contributed by atoms with Gasteiger partial charge in [0.1, 0.15) is 23.9 Å². The van der Waals surface area contributed by atoms with E-state index in [1.807, 2.05) is 39.8 Å². The number of methoxy groups -OCH3 is 1. The molecule has 2 N–H and O–H groups in total. The summed E-state index contributed by atoms with van der Waals surface area (Å²) in [7, 11) is 1.58. The Kier molecular flexibility index (Phi) is 8.41. The average molecular weight is 636 g/mol. The molecule has 45 heavy (non-hydrogen) atoms. The van der Waals surface area contributed by atoms with Crippen molar-refractivity contribution >= 4 is 23.1 Å². The number of carbonyl (C=O) groups is 1. The molecule has 0 aromatic heterocycles. The van der Waals surface area contributed by atoms with Crippen molar-refractivity contribution in [3.8, 4) is 17.6 Å². The standard InChI is InChI=1S/C35H33ClF3N3O3/c1-19-12-20(2)25(13-21(19)18-45-24-9-7-23(44-5)8-10-24)31-26(17-40)33(41)42(29-15-34(3,4)16-30(43)32(29)31)28-14-22(35(37,38)39)6-11-27(28)36/h6-14,31H,15-16,18,41H2,1-5H3. The first kappa shape index (κ1) is 32.0. The van der Waals surface area contributed by atoms with E-state index in [4.69, 9.17) is 26.8 Å². The van der Waals surface area contributed by atoms with Crippen LogP contribution in [0, 0.1) is 30.6 Å². The minimum atomic E-state index is -4.64. The molecular formula is C35H33ClF3N3O3. The normalized spacial score (nSPS) is 18.1. The van der Waals surface area contributed by atoms with Crippen molar-refractivity contribution in [3.05, 3.63) is 110 Å². The summed E-state index contributed by atoms with van der Waals surface area (Å²) in [5, 5.41) is 10.5. The number of Topliss-reactive ketones (excluding diaryl/α,β-unsaturated/α-hetero) is 1. The van der Waals surface area contributed by atoms with Crippen LogP contribution in [-0.4, -0.2) is 12.9 Å². The molecule has 10 heteroatoms. The van der Waals surface area contributed by atoms with Gasteiger partial charge in [0.05, 0.1) is 40.9 Å². The minimum absolute atomic E-state index is 0.00820. The Balaban J connectivity index is 1.67. The van der Waals surface area contributed by atoms with E-state index in [9.17, 15) is 23.2 Å². The van der Waals surface area contributed by atoms with Crippen LogP contribution in [0.5, 0.6) is 11.5 Å². The highest BCUT2D eigenvalue weighted by atomic mass is 35.5. The predicted molar refractivity (Wildman–Crippen MR) is 167 cm³/mol. The molecule has 0 fully saturated rings. The van der Waals surface area contributed by atoms with E-state index >= 15 is 0 Å². The summed E-state index contributed by atoms with van der Waals surface area (Å²) in [4.78, 5) is 15.4. The van der Waals surface area contributed by atoms with E-state index in [2.05, 4.69) is 6.07 Å². The number of nitrogens with zero attached hydrogens (tertiary/aromatic N) is 2. The zero-order valence-electron chi connectivity index (χ0n) is 25.6. The van der Waals surface area contributed by atoms with Gasteiger partial charge in [0.2, 0.25) is 0 Å². The quantitative estimate of drug-likeness (QED) is 0.292. The Morgan fingerprint density at radius 2 is 1.71 bits per heavy atom. The Hall–Kier alpha value is -4.42. The molecule has 5 rings (SSSR count). The topological polar surface area (TPSA) is 88.6 Å². The van der Waals surface area contributed by atoms with Crippen LogP contribution >= 0.6 is 11.6 Å². The van der Waals surface area contributed by atoms with Gasteiger partial charge in [-0.2, -0.15) is 18.4 Å². The summed E-state index contributed by atoms with van der Waals surface area (Å²) in [6.45, 7) is 7.91. The third kappa shape index (κ3) is 6.12. The fourth-order valence-corrected chi connectivity index (χ4v) is 6.37. The zero-order valence-corrected chi connectivity index (χ0v) is 26.4. The summed E-state index contributed by atoms with van der Waals surface area (Å²) >= 11 is 6.50. The predicted octanol–water partition coefficient (Wildman–Crippen LogP) is 8.50. The molecule has 1 aliphatic carbocycles. The summed E-state index contributed by atoms with van der Waals surface area (Å²) < 4.78 is 52.6. The van der Waals surface area contributed by atoms with Crippen LogP contribution < -0.4 is 20.1 Å². The molecule has 2 aliphatic rings. The molecule has 1 atom stereocenters. The van der Waals surface area contributed by atoms with Crippen LogP contribution in [-0.2, 0) is 17.6 Å². The van der Waals surface area contributed by atoms with Gasteiger partial charge >= 0.3 is 6.18 Å². The first-order valence-electron chi connectivity index (χ1n) is 14.3. The van der Waals surface area contributed by atoms with Crippen molar-refractivity contribution in [1.82, 2.24) is 0 Å². The van der Waals surface area contributed by atoms with Gasteiger partial charge in [-0.1, -0.05) is 37.6 Å². The molecule has 0 spiro atoms. The van der Waals surface area contributed by atoms with Crippen LogP contribution in [0.15, 0.2) is 77.3 Å². The van der Waals surface area contributed by atoms with E-state index in [0.29, 0.717) is 34.8 Å². The number of benzene rings is 3. The molecule has 3 aromatic rings. The number of allylic oxidation sites excluding steroid dienone is 3. The first-order valence-corrected chi connectivity index (χ1v) is 14.7. The van der Waals surface area contributed by atoms with E-state index in [0.717, 1.165) is 34.9 Å². The van der Waals surface area contributed by atoms with Gasteiger partial charge in [0.25, 0.3) is 0 Å². The summed E-state index contributed by atoms with van der Waals surface area (Å²) in [5.74, 6) is 0.251. The first-order chi connectivity index (χ1) is 21.1. The molecule has 0 bridgehead atoms. The lowest BCUT2D eigenvalue weighted by Gasteiger charge is -2.44.